The van der Waals surface area contributed by atoms with E-state index < -0.39 is 23.6 Å². The first-order valence-corrected chi connectivity index (χ1v) is 7.00. The molecular weight excluding hydrogens is 327 g/mol. The number of hydrogen-bond donors (Lipinski definition) is 2. The number of carbonyl (C=O) groups excluding carboxylic acids is 1. The Hall–Kier alpha value is -2.84. The van der Waals surface area contributed by atoms with Gasteiger partial charge in [0, 0.05) is 19.2 Å². The summed E-state index contributed by atoms with van der Waals surface area (Å²) in [6.45, 7) is 0.168. The zero-order chi connectivity index (χ0) is 17.7. The molecule has 0 aliphatic rings. The molecule has 9 heteroatoms. The fourth-order valence-corrected chi connectivity index (χ4v) is 1.95. The van der Waals surface area contributed by atoms with Crippen molar-refractivity contribution in [2.24, 2.45) is 0 Å². The van der Waals surface area contributed by atoms with Crippen molar-refractivity contribution in [3.63, 3.8) is 0 Å². The smallest absolute Gasteiger partial charge is 0.416 e. The van der Waals surface area contributed by atoms with Gasteiger partial charge in [-0.25, -0.2) is 4.68 Å². The number of aromatic nitrogens is 2. The highest BCUT2D eigenvalue weighted by Gasteiger charge is 2.30. The number of nitrogens with zero attached hydrogens (tertiary/aromatic N) is 2. The fraction of sp³-hybridized carbons (Fsp3) is 0.267. The van der Waals surface area contributed by atoms with Gasteiger partial charge < -0.3 is 10.4 Å². The molecule has 0 aliphatic carbocycles. The number of nitrogens with one attached hydrogen (secondary N) is 1. The first-order valence-electron chi connectivity index (χ1n) is 7.00. The Balaban J connectivity index is 2.05. The molecule has 0 atom stereocenters. The maximum Gasteiger partial charge on any atom is 0.416 e. The molecule has 2 aromatic rings. The summed E-state index contributed by atoms with van der Waals surface area (Å²) in [4.78, 5) is 22.2. The van der Waals surface area contributed by atoms with E-state index in [1.165, 1.54) is 29.1 Å². The number of aliphatic carboxylic acids is 1. The van der Waals surface area contributed by atoms with Crippen molar-refractivity contribution < 1.29 is 27.9 Å². The molecule has 1 aromatic heterocycles. The fourth-order valence-electron chi connectivity index (χ4n) is 1.95. The molecule has 1 aromatic carbocycles. The Bertz CT molecular complexity index is 741. The first-order chi connectivity index (χ1) is 11.3. The van der Waals surface area contributed by atoms with Crippen LogP contribution in [0.15, 0.2) is 36.5 Å². The van der Waals surface area contributed by atoms with E-state index in [1.54, 1.807) is 0 Å². The van der Waals surface area contributed by atoms with Crippen molar-refractivity contribution >= 4 is 11.9 Å². The van der Waals surface area contributed by atoms with E-state index >= 15 is 0 Å². The highest BCUT2D eigenvalue weighted by molar-refractivity contribution is 5.92. The summed E-state index contributed by atoms with van der Waals surface area (Å²) >= 11 is 0. The second-order valence-corrected chi connectivity index (χ2v) is 4.95. The van der Waals surface area contributed by atoms with Gasteiger partial charge >= 0.3 is 12.1 Å². The van der Waals surface area contributed by atoms with Gasteiger partial charge in [0.1, 0.15) is 0 Å². The predicted octanol–water partition coefficient (Wildman–Crippen LogP) is 2.49. The van der Waals surface area contributed by atoms with Crippen molar-refractivity contribution in [3.05, 3.63) is 47.8 Å². The molecule has 2 rings (SSSR count). The Morgan fingerprint density at radius 2 is 2.00 bits per heavy atom. The zero-order valence-corrected chi connectivity index (χ0v) is 12.4. The molecule has 0 unspecified atom stereocenters. The van der Waals surface area contributed by atoms with Crippen LogP contribution in [0.25, 0.3) is 5.69 Å². The van der Waals surface area contributed by atoms with Crippen LogP contribution in [0.5, 0.6) is 0 Å². The van der Waals surface area contributed by atoms with Crippen molar-refractivity contribution in [1.82, 2.24) is 15.1 Å². The minimum atomic E-state index is -4.46. The van der Waals surface area contributed by atoms with Crippen molar-refractivity contribution in [1.29, 1.82) is 0 Å². The van der Waals surface area contributed by atoms with Gasteiger partial charge in [-0.3, -0.25) is 9.59 Å². The molecule has 0 fully saturated rings. The van der Waals surface area contributed by atoms with E-state index in [4.69, 9.17) is 5.11 Å². The van der Waals surface area contributed by atoms with Crippen molar-refractivity contribution in [2.45, 2.75) is 19.0 Å². The van der Waals surface area contributed by atoms with Crippen molar-refractivity contribution in [3.8, 4) is 5.69 Å². The highest BCUT2D eigenvalue weighted by atomic mass is 19.4. The minimum absolute atomic E-state index is 0.0303. The number of benzene rings is 1. The van der Waals surface area contributed by atoms with E-state index in [-0.39, 0.29) is 30.8 Å². The van der Waals surface area contributed by atoms with E-state index in [9.17, 15) is 22.8 Å². The minimum Gasteiger partial charge on any atom is -0.481 e. The summed E-state index contributed by atoms with van der Waals surface area (Å²) in [6.07, 6.45) is -2.89. The van der Waals surface area contributed by atoms with E-state index in [0.717, 1.165) is 12.1 Å². The van der Waals surface area contributed by atoms with Gasteiger partial charge in [0.25, 0.3) is 5.91 Å². The third kappa shape index (κ3) is 4.58. The van der Waals surface area contributed by atoms with Crippen LogP contribution >= 0.6 is 0 Å². The number of carbonyl (C=O) groups is 2. The quantitative estimate of drug-likeness (QED) is 0.791. The third-order valence-electron chi connectivity index (χ3n) is 3.11. The Morgan fingerprint density at radius 1 is 1.25 bits per heavy atom. The van der Waals surface area contributed by atoms with Crippen LogP contribution in [0.2, 0.25) is 0 Å². The lowest BCUT2D eigenvalue weighted by molar-refractivity contribution is -0.138. The molecule has 0 spiro atoms. The summed E-state index contributed by atoms with van der Waals surface area (Å²) in [5.74, 6) is -1.48. The van der Waals surface area contributed by atoms with Crippen LogP contribution in [0.4, 0.5) is 13.2 Å². The van der Waals surface area contributed by atoms with Crippen LogP contribution in [0, 0.1) is 0 Å². The summed E-state index contributed by atoms with van der Waals surface area (Å²) in [5.41, 5.74) is -0.604. The molecule has 0 bridgehead atoms. The van der Waals surface area contributed by atoms with Gasteiger partial charge in [0.2, 0.25) is 0 Å². The Labute approximate surface area is 134 Å². The van der Waals surface area contributed by atoms with Gasteiger partial charge in [-0.05, 0) is 30.7 Å². The Kier molecular flexibility index (Phi) is 5.22. The van der Waals surface area contributed by atoms with Gasteiger partial charge in [-0.15, -0.1) is 0 Å². The number of hydrogen-bond acceptors (Lipinski definition) is 3. The molecule has 0 saturated heterocycles. The lowest BCUT2D eigenvalue weighted by Gasteiger charge is -2.08. The second-order valence-electron chi connectivity index (χ2n) is 4.95. The normalized spacial score (nSPS) is 11.3. The van der Waals surface area contributed by atoms with Crippen LogP contribution in [-0.2, 0) is 11.0 Å². The zero-order valence-electron chi connectivity index (χ0n) is 12.4. The van der Waals surface area contributed by atoms with Crippen molar-refractivity contribution in [2.75, 3.05) is 6.54 Å². The molecule has 1 heterocycles. The van der Waals surface area contributed by atoms with Crippen LogP contribution in [0.1, 0.15) is 28.9 Å². The molecule has 2 N–H and O–H groups in total. The number of rotatable bonds is 6. The molecular formula is C15H14F3N3O3. The molecule has 24 heavy (non-hydrogen) atoms. The molecule has 128 valence electrons. The number of amides is 1. The topological polar surface area (TPSA) is 84.2 Å². The maximum atomic E-state index is 12.7. The van der Waals surface area contributed by atoms with E-state index in [1.807, 2.05) is 0 Å². The second kappa shape index (κ2) is 7.16. The van der Waals surface area contributed by atoms with Crippen LogP contribution < -0.4 is 5.32 Å². The molecule has 0 aliphatic heterocycles. The van der Waals surface area contributed by atoms with Gasteiger partial charge in [-0.1, -0.05) is 6.07 Å². The number of carboxylic acid groups (broad SMARTS) is 1. The average Bonchev–Trinajstić information content (AvgIpc) is 3.00. The predicted molar refractivity (Wildman–Crippen MR) is 77.8 cm³/mol. The van der Waals surface area contributed by atoms with Crippen LogP contribution in [0.3, 0.4) is 0 Å². The number of carboxylic acids is 1. The van der Waals surface area contributed by atoms with E-state index in [0.29, 0.717) is 0 Å². The molecule has 6 nitrogen and oxygen atoms in total. The summed E-state index contributed by atoms with van der Waals surface area (Å²) < 4.78 is 39.3. The van der Waals surface area contributed by atoms with Gasteiger partial charge in [-0.2, -0.15) is 18.3 Å². The highest BCUT2D eigenvalue weighted by Crippen LogP contribution is 2.30. The lowest BCUT2D eigenvalue weighted by atomic mass is 10.2. The molecule has 0 saturated carbocycles. The molecule has 1 amide bonds. The summed E-state index contributed by atoms with van der Waals surface area (Å²) in [7, 11) is 0. The molecule has 0 radical (unpaired) electrons. The number of alkyl halides is 3. The number of halogens is 3. The standard InChI is InChI=1S/C15H14F3N3O3/c16-15(17,18)10-3-1-4-11(9-10)21-8-6-12(20-21)14(24)19-7-2-5-13(22)23/h1,3-4,6,8-9H,2,5,7H2,(H,19,24)(H,22,23). The summed E-state index contributed by atoms with van der Waals surface area (Å²) in [5, 5.41) is 14.9. The average molecular weight is 341 g/mol. The van der Waals surface area contributed by atoms with E-state index in [2.05, 4.69) is 10.4 Å². The monoisotopic (exact) mass is 341 g/mol. The van der Waals surface area contributed by atoms with Gasteiger partial charge in [0.15, 0.2) is 5.69 Å². The summed E-state index contributed by atoms with van der Waals surface area (Å²) in [6, 6.07) is 5.94. The SMILES string of the molecule is O=C(O)CCCNC(=O)c1ccn(-c2cccc(C(F)(F)F)c2)n1. The first kappa shape index (κ1) is 17.5. The van der Waals surface area contributed by atoms with Crippen LogP contribution in [-0.4, -0.2) is 33.3 Å². The Morgan fingerprint density at radius 3 is 2.67 bits per heavy atom. The largest absolute Gasteiger partial charge is 0.481 e. The lowest BCUT2D eigenvalue weighted by Crippen LogP contribution is -2.25. The maximum absolute atomic E-state index is 12.7. The third-order valence-corrected chi connectivity index (χ3v) is 3.11. The van der Waals surface area contributed by atoms with Gasteiger partial charge in [0.05, 0.1) is 11.3 Å².